The lowest BCUT2D eigenvalue weighted by Crippen LogP contribution is -2.49. The van der Waals surface area contributed by atoms with E-state index in [1.807, 2.05) is 35.2 Å². The molecule has 4 rings (SSSR count). The molecule has 2 amide bonds. The number of amides is 2. The average Bonchev–Trinajstić information content (AvgIpc) is 3.35. The lowest BCUT2D eigenvalue weighted by atomic mass is 9.75. The molecule has 1 aromatic carbocycles. The predicted molar refractivity (Wildman–Crippen MR) is 120 cm³/mol. The number of likely N-dealkylation sites (tertiary alicyclic amines) is 1. The van der Waals surface area contributed by atoms with Crippen LogP contribution in [0.4, 0.5) is 4.79 Å². The number of urea groups is 1. The third kappa shape index (κ3) is 5.13. The zero-order valence-corrected chi connectivity index (χ0v) is 18.4. The van der Waals surface area contributed by atoms with Crippen LogP contribution >= 0.6 is 0 Å². The van der Waals surface area contributed by atoms with Gasteiger partial charge in [-0.15, -0.1) is 0 Å². The molecule has 0 radical (unpaired) electrons. The molecule has 8 nitrogen and oxygen atoms in total. The Morgan fingerprint density at radius 2 is 1.91 bits per heavy atom. The molecular formula is C24H29N5O3. The van der Waals surface area contributed by atoms with Gasteiger partial charge in [0.05, 0.1) is 0 Å². The first-order chi connectivity index (χ1) is 15.7. The summed E-state index contributed by atoms with van der Waals surface area (Å²) in [6.45, 7) is 2.50. The van der Waals surface area contributed by atoms with Crippen LogP contribution in [0.2, 0.25) is 0 Å². The molecule has 1 fully saturated rings. The number of aromatic nitrogens is 3. The van der Waals surface area contributed by atoms with Crippen LogP contribution in [-0.2, 0) is 16.6 Å². The van der Waals surface area contributed by atoms with Gasteiger partial charge in [-0.2, -0.15) is 4.98 Å². The van der Waals surface area contributed by atoms with Crippen molar-refractivity contribution < 1.29 is 14.1 Å². The Morgan fingerprint density at radius 1 is 1.16 bits per heavy atom. The molecule has 1 aliphatic heterocycles. The smallest absolute Gasteiger partial charge is 0.317 e. The monoisotopic (exact) mass is 435 g/mol. The minimum atomic E-state index is -0.272. The maximum absolute atomic E-state index is 12.7. The second-order valence-electron chi connectivity index (χ2n) is 8.14. The summed E-state index contributed by atoms with van der Waals surface area (Å²) >= 11 is 0. The van der Waals surface area contributed by atoms with Crippen molar-refractivity contribution in [3.63, 3.8) is 0 Å². The van der Waals surface area contributed by atoms with Crippen molar-refractivity contribution in [1.29, 1.82) is 0 Å². The van der Waals surface area contributed by atoms with Gasteiger partial charge < -0.3 is 19.5 Å². The van der Waals surface area contributed by atoms with Gasteiger partial charge in [0.25, 0.3) is 5.89 Å². The van der Waals surface area contributed by atoms with E-state index < -0.39 is 0 Å². The fraction of sp³-hybridized carbons (Fsp3) is 0.417. The van der Waals surface area contributed by atoms with E-state index in [4.69, 9.17) is 14.2 Å². The summed E-state index contributed by atoms with van der Waals surface area (Å²) in [4.78, 5) is 23.3. The minimum Gasteiger partial charge on any atom is -0.385 e. The highest BCUT2D eigenvalue weighted by molar-refractivity contribution is 5.74. The van der Waals surface area contributed by atoms with Gasteiger partial charge in [-0.1, -0.05) is 35.5 Å². The summed E-state index contributed by atoms with van der Waals surface area (Å²) in [7, 11) is 1.70. The Morgan fingerprint density at radius 3 is 2.62 bits per heavy atom. The van der Waals surface area contributed by atoms with Crippen LogP contribution in [0, 0.1) is 0 Å². The molecule has 3 aromatic rings. The number of carbonyl (C=O) groups excluding carboxylic acids is 1. The van der Waals surface area contributed by atoms with Crippen LogP contribution in [0.5, 0.6) is 0 Å². The topological polar surface area (TPSA) is 93.4 Å². The fourth-order valence-corrected chi connectivity index (χ4v) is 4.14. The normalized spacial score (nSPS) is 15.5. The first kappa shape index (κ1) is 22.0. The maximum Gasteiger partial charge on any atom is 0.317 e. The van der Waals surface area contributed by atoms with Crippen molar-refractivity contribution in [2.45, 2.75) is 31.1 Å². The zero-order valence-electron chi connectivity index (χ0n) is 18.4. The van der Waals surface area contributed by atoms with Crippen molar-refractivity contribution in [3.8, 4) is 11.5 Å². The van der Waals surface area contributed by atoms with E-state index in [-0.39, 0.29) is 11.4 Å². The van der Waals surface area contributed by atoms with Gasteiger partial charge in [0.15, 0.2) is 5.82 Å². The second kappa shape index (κ2) is 10.4. The number of nitrogens with one attached hydrogen (secondary N) is 1. The van der Waals surface area contributed by atoms with E-state index in [9.17, 15) is 4.79 Å². The van der Waals surface area contributed by atoms with Crippen LogP contribution < -0.4 is 5.32 Å². The lowest BCUT2D eigenvalue weighted by molar-refractivity contribution is 0.114. The standard InChI is InChI=1S/C24H29N5O3/c1-31-18-12-24(22-27-21(32-28-22)20-8-13-25-14-9-20)10-16-29(17-11-24)23(30)26-15-7-19-5-3-2-4-6-19/h2-6,8-9,13-14H,7,10-12,15-18H2,1H3,(H,26,30). The van der Waals surface area contributed by atoms with Gasteiger partial charge in [0.1, 0.15) is 0 Å². The summed E-state index contributed by atoms with van der Waals surface area (Å²) in [5.41, 5.74) is 1.79. The molecule has 8 heteroatoms. The molecule has 0 saturated carbocycles. The SMILES string of the molecule is COCCC1(c2noc(-c3ccncc3)n2)CCN(C(=O)NCCc2ccccc2)CC1. The molecule has 2 aromatic heterocycles. The number of hydrogen-bond donors (Lipinski definition) is 1. The van der Waals surface area contributed by atoms with Gasteiger partial charge in [-0.05, 0) is 43.4 Å². The second-order valence-corrected chi connectivity index (χ2v) is 8.14. The van der Waals surface area contributed by atoms with Crippen molar-refractivity contribution in [1.82, 2.24) is 25.3 Å². The third-order valence-electron chi connectivity index (χ3n) is 6.15. The summed E-state index contributed by atoms with van der Waals surface area (Å²) in [6.07, 6.45) is 6.53. The molecule has 0 atom stereocenters. The van der Waals surface area contributed by atoms with E-state index in [0.717, 1.165) is 31.2 Å². The molecule has 32 heavy (non-hydrogen) atoms. The molecule has 168 valence electrons. The number of methoxy groups -OCH3 is 1. The number of nitrogens with zero attached hydrogens (tertiary/aromatic N) is 4. The Bertz CT molecular complexity index is 985. The molecule has 0 aliphatic carbocycles. The van der Waals surface area contributed by atoms with Crippen molar-refractivity contribution in [3.05, 3.63) is 66.2 Å². The number of pyridine rings is 1. The molecule has 0 unspecified atom stereocenters. The van der Waals surface area contributed by atoms with E-state index in [0.29, 0.717) is 38.0 Å². The quantitative estimate of drug-likeness (QED) is 0.582. The van der Waals surface area contributed by atoms with Gasteiger partial charge in [-0.25, -0.2) is 4.79 Å². The van der Waals surface area contributed by atoms with Crippen LogP contribution in [0.25, 0.3) is 11.5 Å². The highest BCUT2D eigenvalue weighted by Gasteiger charge is 2.41. The molecular weight excluding hydrogens is 406 g/mol. The predicted octanol–water partition coefficient (Wildman–Crippen LogP) is 3.45. The Labute approximate surface area is 188 Å². The maximum atomic E-state index is 12.7. The van der Waals surface area contributed by atoms with E-state index in [1.54, 1.807) is 19.5 Å². The number of ether oxygens (including phenoxy) is 1. The molecule has 0 bridgehead atoms. The molecule has 1 N–H and O–H groups in total. The Kier molecular flexibility index (Phi) is 7.11. The molecule has 1 saturated heterocycles. The Hall–Kier alpha value is -3.26. The van der Waals surface area contributed by atoms with E-state index in [2.05, 4.69) is 27.6 Å². The summed E-state index contributed by atoms with van der Waals surface area (Å²) in [5, 5.41) is 7.36. The van der Waals surface area contributed by atoms with Gasteiger partial charge in [0.2, 0.25) is 0 Å². The molecule has 1 aliphatic rings. The van der Waals surface area contributed by atoms with Gasteiger partial charge in [-0.3, -0.25) is 4.98 Å². The average molecular weight is 436 g/mol. The molecule has 0 spiro atoms. The van der Waals surface area contributed by atoms with E-state index in [1.165, 1.54) is 5.56 Å². The first-order valence-electron chi connectivity index (χ1n) is 11.0. The number of rotatable bonds is 8. The van der Waals surface area contributed by atoms with Crippen molar-refractivity contribution in [2.75, 3.05) is 33.4 Å². The zero-order chi connectivity index (χ0) is 22.2. The fourth-order valence-electron chi connectivity index (χ4n) is 4.14. The summed E-state index contributed by atoms with van der Waals surface area (Å²) in [5.74, 6) is 1.17. The largest absolute Gasteiger partial charge is 0.385 e. The molecule has 3 heterocycles. The van der Waals surface area contributed by atoms with Gasteiger partial charge in [0, 0.05) is 56.7 Å². The number of benzene rings is 1. The highest BCUT2D eigenvalue weighted by atomic mass is 16.5. The number of carbonyl (C=O) groups is 1. The lowest BCUT2D eigenvalue weighted by Gasteiger charge is -2.39. The van der Waals surface area contributed by atoms with Gasteiger partial charge >= 0.3 is 6.03 Å². The highest BCUT2D eigenvalue weighted by Crippen LogP contribution is 2.38. The first-order valence-corrected chi connectivity index (χ1v) is 11.0. The van der Waals surface area contributed by atoms with Crippen LogP contribution in [-0.4, -0.2) is 59.4 Å². The van der Waals surface area contributed by atoms with Crippen molar-refractivity contribution >= 4 is 6.03 Å². The minimum absolute atomic E-state index is 0.0214. The van der Waals surface area contributed by atoms with E-state index >= 15 is 0 Å². The van der Waals surface area contributed by atoms with Crippen LogP contribution in [0.15, 0.2) is 59.4 Å². The third-order valence-corrected chi connectivity index (χ3v) is 6.15. The van der Waals surface area contributed by atoms with Crippen LogP contribution in [0.3, 0.4) is 0 Å². The summed E-state index contributed by atoms with van der Waals surface area (Å²) in [6, 6.07) is 13.8. The summed E-state index contributed by atoms with van der Waals surface area (Å²) < 4.78 is 10.9. The number of hydrogen-bond acceptors (Lipinski definition) is 6. The van der Waals surface area contributed by atoms with Crippen molar-refractivity contribution in [2.24, 2.45) is 0 Å². The Balaban J connectivity index is 1.37. The number of piperidine rings is 1. The van der Waals surface area contributed by atoms with Crippen LogP contribution in [0.1, 0.15) is 30.7 Å².